The lowest BCUT2D eigenvalue weighted by molar-refractivity contribution is 0.415. The average molecular weight is 253 g/mol. The Morgan fingerprint density at radius 1 is 1.29 bits per heavy atom. The van der Waals surface area contributed by atoms with Crippen LogP contribution in [0.15, 0.2) is 29.1 Å². The molecule has 2 N–H and O–H groups in total. The fourth-order valence-electron chi connectivity index (χ4n) is 1.22. The molecule has 7 heteroatoms. The SMILES string of the molecule is COc1ccc(Nc2nc(Cl)[nH]c(=O)n2)cc1. The van der Waals surface area contributed by atoms with Gasteiger partial charge in [0, 0.05) is 5.69 Å². The predicted octanol–water partition coefficient (Wildman–Crippen LogP) is 1.57. The lowest BCUT2D eigenvalue weighted by Crippen LogP contribution is -2.14. The number of methoxy groups -OCH3 is 1. The maximum atomic E-state index is 11.1. The highest BCUT2D eigenvalue weighted by Crippen LogP contribution is 2.17. The molecule has 0 aliphatic carbocycles. The van der Waals surface area contributed by atoms with Gasteiger partial charge in [-0.2, -0.15) is 9.97 Å². The summed E-state index contributed by atoms with van der Waals surface area (Å²) >= 11 is 5.60. The summed E-state index contributed by atoms with van der Waals surface area (Å²) in [6.07, 6.45) is 0. The Morgan fingerprint density at radius 2 is 2.00 bits per heavy atom. The standard InChI is InChI=1S/C10H9ClN4O2/c1-17-7-4-2-6(3-5-7)12-9-13-8(11)14-10(16)15-9/h2-5H,1H3,(H2,12,13,14,15,16). The molecule has 88 valence electrons. The summed E-state index contributed by atoms with van der Waals surface area (Å²) in [5.74, 6) is 0.879. The lowest BCUT2D eigenvalue weighted by atomic mass is 10.3. The monoisotopic (exact) mass is 252 g/mol. The molecule has 2 aromatic rings. The van der Waals surface area contributed by atoms with Crippen LogP contribution in [0.4, 0.5) is 11.6 Å². The van der Waals surface area contributed by atoms with Gasteiger partial charge >= 0.3 is 5.69 Å². The molecule has 0 saturated carbocycles. The molecular weight excluding hydrogens is 244 g/mol. The zero-order valence-electron chi connectivity index (χ0n) is 8.90. The molecule has 0 unspecified atom stereocenters. The predicted molar refractivity (Wildman–Crippen MR) is 63.9 cm³/mol. The molecule has 0 bridgehead atoms. The highest BCUT2D eigenvalue weighted by molar-refractivity contribution is 6.28. The number of rotatable bonds is 3. The molecule has 0 spiro atoms. The van der Waals surface area contributed by atoms with Crippen LogP contribution in [0.5, 0.6) is 5.75 Å². The molecule has 1 aromatic heterocycles. The van der Waals surface area contributed by atoms with Crippen LogP contribution in [0.3, 0.4) is 0 Å². The fraction of sp³-hybridized carbons (Fsp3) is 0.100. The lowest BCUT2D eigenvalue weighted by Gasteiger charge is -2.05. The highest BCUT2D eigenvalue weighted by Gasteiger charge is 2.01. The zero-order valence-corrected chi connectivity index (χ0v) is 9.65. The van der Waals surface area contributed by atoms with Crippen LogP contribution < -0.4 is 15.7 Å². The van der Waals surface area contributed by atoms with Crippen molar-refractivity contribution in [2.75, 3.05) is 12.4 Å². The third kappa shape index (κ3) is 2.94. The maximum Gasteiger partial charge on any atom is 0.350 e. The number of ether oxygens (including phenoxy) is 1. The first-order chi connectivity index (χ1) is 8.17. The van der Waals surface area contributed by atoms with Crippen LogP contribution in [-0.2, 0) is 0 Å². The molecule has 0 amide bonds. The summed E-state index contributed by atoms with van der Waals surface area (Å²) in [4.78, 5) is 20.7. The van der Waals surface area contributed by atoms with E-state index in [1.54, 1.807) is 31.4 Å². The minimum absolute atomic E-state index is 0.0130. The van der Waals surface area contributed by atoms with Gasteiger partial charge in [0.25, 0.3) is 0 Å². The van der Waals surface area contributed by atoms with Crippen LogP contribution in [0.1, 0.15) is 0 Å². The van der Waals surface area contributed by atoms with Gasteiger partial charge < -0.3 is 10.1 Å². The van der Waals surface area contributed by atoms with E-state index in [1.807, 2.05) is 0 Å². The van der Waals surface area contributed by atoms with Crippen LogP contribution in [0.25, 0.3) is 0 Å². The molecule has 17 heavy (non-hydrogen) atoms. The van der Waals surface area contributed by atoms with Gasteiger partial charge in [-0.3, -0.25) is 4.98 Å². The minimum Gasteiger partial charge on any atom is -0.497 e. The smallest absolute Gasteiger partial charge is 0.350 e. The summed E-state index contributed by atoms with van der Waals surface area (Å²) in [5.41, 5.74) is 0.175. The van der Waals surface area contributed by atoms with Crippen molar-refractivity contribution < 1.29 is 4.74 Å². The summed E-state index contributed by atoms with van der Waals surface area (Å²) in [5, 5.41) is 2.84. The molecule has 0 saturated heterocycles. The van der Waals surface area contributed by atoms with E-state index in [4.69, 9.17) is 16.3 Å². The van der Waals surface area contributed by atoms with Crippen molar-refractivity contribution in [2.24, 2.45) is 0 Å². The van der Waals surface area contributed by atoms with Crippen LogP contribution in [0.2, 0.25) is 5.28 Å². The van der Waals surface area contributed by atoms with Crippen LogP contribution in [-0.4, -0.2) is 22.1 Å². The van der Waals surface area contributed by atoms with Gasteiger partial charge in [0.2, 0.25) is 11.2 Å². The number of halogens is 1. The second-order valence-corrected chi connectivity index (χ2v) is 3.48. The first kappa shape index (κ1) is 11.4. The van der Waals surface area contributed by atoms with E-state index in [9.17, 15) is 4.79 Å². The Kier molecular flexibility index (Phi) is 3.24. The number of benzene rings is 1. The number of H-pyrrole nitrogens is 1. The van der Waals surface area contributed by atoms with Gasteiger partial charge in [0.05, 0.1) is 7.11 Å². The second kappa shape index (κ2) is 4.84. The molecule has 0 fully saturated rings. The quantitative estimate of drug-likeness (QED) is 0.867. The molecule has 0 aliphatic heterocycles. The van der Waals surface area contributed by atoms with Crippen molar-refractivity contribution in [3.05, 3.63) is 40.0 Å². The molecular formula is C10H9ClN4O2. The molecule has 2 rings (SSSR count). The third-order valence-electron chi connectivity index (χ3n) is 1.97. The van der Waals surface area contributed by atoms with Crippen molar-refractivity contribution in [2.45, 2.75) is 0 Å². The Balaban J connectivity index is 2.22. The first-order valence-corrected chi connectivity index (χ1v) is 5.10. The van der Waals surface area contributed by atoms with Gasteiger partial charge in [-0.25, -0.2) is 4.79 Å². The van der Waals surface area contributed by atoms with Gasteiger partial charge in [-0.1, -0.05) is 0 Å². The fourth-order valence-corrected chi connectivity index (χ4v) is 1.38. The number of nitrogens with one attached hydrogen (secondary N) is 2. The van der Waals surface area contributed by atoms with E-state index >= 15 is 0 Å². The molecule has 1 heterocycles. The van der Waals surface area contributed by atoms with Gasteiger partial charge in [0.15, 0.2) is 0 Å². The summed E-state index contributed by atoms with van der Waals surface area (Å²) in [6.45, 7) is 0. The number of hydrogen-bond donors (Lipinski definition) is 2. The Bertz CT molecular complexity index is 567. The van der Waals surface area contributed by atoms with Crippen LogP contribution >= 0.6 is 11.6 Å². The van der Waals surface area contributed by atoms with E-state index in [0.717, 1.165) is 11.4 Å². The number of nitrogens with zero attached hydrogens (tertiary/aromatic N) is 2. The number of anilines is 2. The largest absolute Gasteiger partial charge is 0.497 e. The first-order valence-electron chi connectivity index (χ1n) is 4.72. The molecule has 6 nitrogen and oxygen atoms in total. The van der Waals surface area contributed by atoms with Gasteiger partial charge in [0.1, 0.15) is 5.75 Å². The van der Waals surface area contributed by atoms with Gasteiger partial charge in [-0.15, -0.1) is 0 Å². The van der Waals surface area contributed by atoms with E-state index in [0.29, 0.717) is 0 Å². The summed E-state index contributed by atoms with van der Waals surface area (Å²) in [6, 6.07) is 7.10. The molecule has 0 atom stereocenters. The van der Waals surface area contributed by atoms with Crippen LogP contribution in [0, 0.1) is 0 Å². The van der Waals surface area contributed by atoms with E-state index in [1.165, 1.54) is 0 Å². The maximum absolute atomic E-state index is 11.1. The normalized spacial score (nSPS) is 10.0. The topological polar surface area (TPSA) is 79.9 Å². The Labute approximate surface area is 102 Å². The minimum atomic E-state index is -0.555. The molecule has 1 aromatic carbocycles. The van der Waals surface area contributed by atoms with Crippen molar-refractivity contribution in [3.8, 4) is 5.75 Å². The summed E-state index contributed by atoms with van der Waals surface area (Å²) < 4.78 is 5.02. The van der Waals surface area contributed by atoms with Crippen molar-refractivity contribution >= 4 is 23.2 Å². The summed E-state index contributed by atoms with van der Waals surface area (Å²) in [7, 11) is 1.59. The zero-order chi connectivity index (χ0) is 12.3. The Hall–Kier alpha value is -2.08. The highest BCUT2D eigenvalue weighted by atomic mass is 35.5. The van der Waals surface area contributed by atoms with Gasteiger partial charge in [-0.05, 0) is 35.9 Å². The van der Waals surface area contributed by atoms with E-state index in [2.05, 4.69) is 20.3 Å². The van der Waals surface area contributed by atoms with E-state index < -0.39 is 5.69 Å². The number of aromatic amines is 1. The molecule has 0 radical (unpaired) electrons. The third-order valence-corrected chi connectivity index (χ3v) is 2.15. The Morgan fingerprint density at radius 3 is 2.59 bits per heavy atom. The van der Waals surface area contributed by atoms with Crippen molar-refractivity contribution in [1.82, 2.24) is 15.0 Å². The second-order valence-electron chi connectivity index (χ2n) is 3.12. The van der Waals surface area contributed by atoms with Crippen molar-refractivity contribution in [1.29, 1.82) is 0 Å². The molecule has 0 aliphatic rings. The average Bonchev–Trinajstić information content (AvgIpc) is 2.28. The van der Waals surface area contributed by atoms with Crippen molar-refractivity contribution in [3.63, 3.8) is 0 Å². The number of hydrogen-bond acceptors (Lipinski definition) is 5. The van der Waals surface area contributed by atoms with E-state index in [-0.39, 0.29) is 11.2 Å². The number of aromatic nitrogens is 3.